The van der Waals surface area contributed by atoms with Crippen molar-refractivity contribution in [3.05, 3.63) is 65.7 Å². The molecule has 0 fully saturated rings. The number of carboxylic acid groups (broad SMARTS) is 1. The Balaban J connectivity index is 2.17. The molecule has 0 aliphatic rings. The number of phenols is 1. The Bertz CT molecular complexity index is 575. The average Bonchev–Trinajstić information content (AvgIpc) is 2.48. The molecule has 0 heterocycles. The van der Waals surface area contributed by atoms with Crippen LogP contribution in [0.3, 0.4) is 0 Å². The molecule has 0 spiro atoms. The first-order chi connectivity index (χ1) is 10.1. The lowest BCUT2D eigenvalue weighted by atomic mass is 9.81. The van der Waals surface area contributed by atoms with Crippen molar-refractivity contribution >= 4 is 5.97 Å². The van der Waals surface area contributed by atoms with E-state index in [4.69, 9.17) is 5.11 Å². The molecule has 0 aromatic heterocycles. The molecule has 0 amide bonds. The lowest BCUT2D eigenvalue weighted by Gasteiger charge is -2.23. The Morgan fingerprint density at radius 2 is 1.67 bits per heavy atom. The Morgan fingerprint density at radius 1 is 1.05 bits per heavy atom. The number of rotatable bonds is 6. The molecule has 0 bridgehead atoms. The van der Waals surface area contributed by atoms with Gasteiger partial charge in [0.05, 0.1) is 0 Å². The molecule has 0 aliphatic heterocycles. The van der Waals surface area contributed by atoms with E-state index in [2.05, 4.69) is 6.92 Å². The van der Waals surface area contributed by atoms with E-state index < -0.39 is 5.97 Å². The number of carbonyl (C=O) groups is 1. The van der Waals surface area contributed by atoms with Crippen LogP contribution in [0.15, 0.2) is 54.6 Å². The minimum atomic E-state index is -0.776. The summed E-state index contributed by atoms with van der Waals surface area (Å²) in [5.74, 6) is -0.364. The van der Waals surface area contributed by atoms with Crippen molar-refractivity contribution < 1.29 is 15.0 Å². The predicted octanol–water partition coefficient (Wildman–Crippen LogP) is 3.83. The van der Waals surface area contributed by atoms with Crippen molar-refractivity contribution in [1.29, 1.82) is 0 Å². The van der Waals surface area contributed by atoms with Gasteiger partial charge in [0.25, 0.3) is 0 Å². The van der Waals surface area contributed by atoms with Crippen LogP contribution < -0.4 is 0 Å². The molecular weight excluding hydrogens is 264 g/mol. The maximum Gasteiger partial charge on any atom is 0.303 e. The molecule has 0 saturated carbocycles. The second-order valence-corrected chi connectivity index (χ2v) is 5.43. The van der Waals surface area contributed by atoms with Crippen LogP contribution in [-0.2, 0) is 11.2 Å². The van der Waals surface area contributed by atoms with Gasteiger partial charge in [-0.2, -0.15) is 0 Å². The first-order valence-electron chi connectivity index (χ1n) is 7.11. The summed E-state index contributed by atoms with van der Waals surface area (Å²) in [5, 5.41) is 18.5. The highest BCUT2D eigenvalue weighted by Gasteiger charge is 2.22. The Labute approximate surface area is 124 Å². The summed E-state index contributed by atoms with van der Waals surface area (Å²) in [6, 6.07) is 17.0. The fourth-order valence-corrected chi connectivity index (χ4v) is 2.61. The smallest absolute Gasteiger partial charge is 0.303 e. The number of phenolic OH excluding ortho intramolecular Hbond substituents is 1. The first kappa shape index (κ1) is 15.1. The van der Waals surface area contributed by atoms with Crippen molar-refractivity contribution in [3.63, 3.8) is 0 Å². The van der Waals surface area contributed by atoms with Crippen LogP contribution >= 0.6 is 0 Å². The molecule has 2 rings (SSSR count). The molecule has 2 atom stereocenters. The normalized spacial score (nSPS) is 13.6. The SMILES string of the molecule is CC(c1ccccc1)C(CC(=O)O)Cc1ccc(O)cc1. The van der Waals surface area contributed by atoms with Gasteiger partial charge < -0.3 is 10.2 Å². The van der Waals surface area contributed by atoms with E-state index in [-0.39, 0.29) is 24.0 Å². The zero-order valence-corrected chi connectivity index (χ0v) is 12.1. The number of benzene rings is 2. The van der Waals surface area contributed by atoms with Crippen LogP contribution in [0.25, 0.3) is 0 Å². The van der Waals surface area contributed by atoms with Crippen molar-refractivity contribution in [2.45, 2.75) is 25.7 Å². The second-order valence-electron chi connectivity index (χ2n) is 5.43. The maximum absolute atomic E-state index is 11.1. The standard InChI is InChI=1S/C18H20O3/c1-13(15-5-3-2-4-6-15)16(12-18(20)21)11-14-7-9-17(19)10-8-14/h2-10,13,16,19H,11-12H2,1H3,(H,20,21). The Kier molecular flexibility index (Phi) is 4.99. The van der Waals surface area contributed by atoms with Crippen molar-refractivity contribution in [2.75, 3.05) is 0 Å². The van der Waals surface area contributed by atoms with Gasteiger partial charge in [0.2, 0.25) is 0 Å². The second kappa shape index (κ2) is 6.93. The molecule has 2 unspecified atom stereocenters. The zero-order valence-electron chi connectivity index (χ0n) is 12.1. The lowest BCUT2D eigenvalue weighted by molar-refractivity contribution is -0.138. The molecule has 0 saturated heterocycles. The highest BCUT2D eigenvalue weighted by atomic mass is 16.4. The summed E-state index contributed by atoms with van der Waals surface area (Å²) in [5.41, 5.74) is 2.20. The third-order valence-electron chi connectivity index (χ3n) is 3.90. The number of aliphatic carboxylic acids is 1. The summed E-state index contributed by atoms with van der Waals surface area (Å²) >= 11 is 0. The summed E-state index contributed by atoms with van der Waals surface area (Å²) in [7, 11) is 0. The van der Waals surface area contributed by atoms with Crippen molar-refractivity contribution in [3.8, 4) is 5.75 Å². The molecule has 3 heteroatoms. The van der Waals surface area contributed by atoms with Crippen LogP contribution in [0, 0.1) is 5.92 Å². The molecule has 3 nitrogen and oxygen atoms in total. The number of hydrogen-bond donors (Lipinski definition) is 2. The van der Waals surface area contributed by atoms with E-state index >= 15 is 0 Å². The third-order valence-corrected chi connectivity index (χ3v) is 3.90. The molecule has 110 valence electrons. The number of aromatic hydroxyl groups is 1. The van der Waals surface area contributed by atoms with Crippen LogP contribution in [0.5, 0.6) is 5.75 Å². The third kappa shape index (κ3) is 4.35. The molecule has 2 aromatic rings. The van der Waals surface area contributed by atoms with E-state index in [0.29, 0.717) is 6.42 Å². The fourth-order valence-electron chi connectivity index (χ4n) is 2.61. The first-order valence-corrected chi connectivity index (χ1v) is 7.11. The summed E-state index contributed by atoms with van der Waals surface area (Å²) in [6.45, 7) is 2.07. The van der Waals surface area contributed by atoms with Gasteiger partial charge in [0.15, 0.2) is 0 Å². The van der Waals surface area contributed by atoms with Crippen molar-refractivity contribution in [1.82, 2.24) is 0 Å². The molecule has 2 aromatic carbocycles. The zero-order chi connectivity index (χ0) is 15.2. The Morgan fingerprint density at radius 3 is 2.24 bits per heavy atom. The largest absolute Gasteiger partial charge is 0.508 e. The molecular formula is C18H20O3. The molecule has 0 aliphatic carbocycles. The van der Waals surface area contributed by atoms with E-state index in [1.165, 1.54) is 0 Å². The minimum Gasteiger partial charge on any atom is -0.508 e. The summed E-state index contributed by atoms with van der Waals surface area (Å²) in [4.78, 5) is 11.1. The van der Waals surface area contributed by atoms with E-state index in [1.807, 2.05) is 42.5 Å². The number of hydrogen-bond acceptors (Lipinski definition) is 2. The van der Waals surface area contributed by atoms with E-state index in [1.54, 1.807) is 12.1 Å². The predicted molar refractivity (Wildman–Crippen MR) is 82.4 cm³/mol. The maximum atomic E-state index is 11.1. The highest BCUT2D eigenvalue weighted by Crippen LogP contribution is 2.30. The van der Waals surface area contributed by atoms with E-state index in [0.717, 1.165) is 11.1 Å². The van der Waals surface area contributed by atoms with Gasteiger partial charge in [-0.15, -0.1) is 0 Å². The minimum absolute atomic E-state index is 0.0226. The highest BCUT2D eigenvalue weighted by molar-refractivity contribution is 5.67. The summed E-state index contributed by atoms with van der Waals surface area (Å²) in [6.07, 6.45) is 0.819. The van der Waals surface area contributed by atoms with Crippen LogP contribution in [-0.4, -0.2) is 16.2 Å². The van der Waals surface area contributed by atoms with E-state index in [9.17, 15) is 9.90 Å². The van der Waals surface area contributed by atoms with Gasteiger partial charge >= 0.3 is 5.97 Å². The number of carboxylic acids is 1. The van der Waals surface area contributed by atoms with Gasteiger partial charge in [0, 0.05) is 6.42 Å². The Hall–Kier alpha value is -2.29. The van der Waals surface area contributed by atoms with Crippen LogP contribution in [0.1, 0.15) is 30.4 Å². The van der Waals surface area contributed by atoms with Gasteiger partial charge in [-0.3, -0.25) is 4.79 Å². The average molecular weight is 284 g/mol. The lowest BCUT2D eigenvalue weighted by Crippen LogP contribution is -2.17. The topological polar surface area (TPSA) is 57.5 Å². The molecule has 21 heavy (non-hydrogen) atoms. The van der Waals surface area contributed by atoms with Gasteiger partial charge in [-0.05, 0) is 41.5 Å². The fraction of sp³-hybridized carbons (Fsp3) is 0.278. The van der Waals surface area contributed by atoms with Crippen LogP contribution in [0.2, 0.25) is 0 Å². The quantitative estimate of drug-likeness (QED) is 0.847. The van der Waals surface area contributed by atoms with Gasteiger partial charge in [0.1, 0.15) is 5.75 Å². The molecule has 2 N–H and O–H groups in total. The molecule has 0 radical (unpaired) electrons. The van der Waals surface area contributed by atoms with Crippen molar-refractivity contribution in [2.24, 2.45) is 5.92 Å². The summed E-state index contributed by atoms with van der Waals surface area (Å²) < 4.78 is 0. The van der Waals surface area contributed by atoms with Crippen LogP contribution in [0.4, 0.5) is 0 Å². The van der Waals surface area contributed by atoms with Gasteiger partial charge in [-0.25, -0.2) is 0 Å². The van der Waals surface area contributed by atoms with Gasteiger partial charge in [-0.1, -0.05) is 49.4 Å². The monoisotopic (exact) mass is 284 g/mol.